The Balaban J connectivity index is 2.77. The number of hydrogen-bond donors (Lipinski definition) is 3. The highest BCUT2D eigenvalue weighted by atomic mass is 16.4. The number of hydrogen-bond acceptors (Lipinski definition) is 3. The second-order valence-electron chi connectivity index (χ2n) is 5.32. The second-order valence-corrected chi connectivity index (χ2v) is 5.32. The first-order valence-corrected chi connectivity index (χ1v) is 6.35. The lowest BCUT2D eigenvalue weighted by Gasteiger charge is -2.27. The molecule has 0 spiro atoms. The molecule has 0 aromatic carbocycles. The number of urea groups is 1. The number of carbonyl (C=O) groups is 3. The van der Waals surface area contributed by atoms with E-state index in [0.29, 0.717) is 13.0 Å². The Morgan fingerprint density at radius 3 is 2.37 bits per heavy atom. The van der Waals surface area contributed by atoms with Crippen LogP contribution in [0.25, 0.3) is 0 Å². The SMILES string of the molecule is CC(C)C(NC(=O)N1CCC(C)C1C(=O)O)C(N)=O. The fourth-order valence-corrected chi connectivity index (χ4v) is 2.33. The van der Waals surface area contributed by atoms with Crippen LogP contribution in [0.4, 0.5) is 4.79 Å². The highest BCUT2D eigenvalue weighted by Crippen LogP contribution is 2.24. The van der Waals surface area contributed by atoms with Gasteiger partial charge in [-0.05, 0) is 18.3 Å². The normalized spacial score (nSPS) is 24.3. The summed E-state index contributed by atoms with van der Waals surface area (Å²) in [4.78, 5) is 35.7. The minimum Gasteiger partial charge on any atom is -0.480 e. The molecule has 108 valence electrons. The van der Waals surface area contributed by atoms with Crippen molar-refractivity contribution in [3.8, 4) is 0 Å². The number of amides is 3. The summed E-state index contributed by atoms with van der Waals surface area (Å²) in [5, 5.41) is 11.7. The van der Waals surface area contributed by atoms with Crippen LogP contribution in [0.1, 0.15) is 27.2 Å². The maximum Gasteiger partial charge on any atom is 0.326 e. The molecule has 1 heterocycles. The van der Waals surface area contributed by atoms with Gasteiger partial charge in [0.2, 0.25) is 5.91 Å². The zero-order valence-corrected chi connectivity index (χ0v) is 11.4. The van der Waals surface area contributed by atoms with Gasteiger partial charge >= 0.3 is 12.0 Å². The topological polar surface area (TPSA) is 113 Å². The van der Waals surface area contributed by atoms with Crippen LogP contribution in [0.2, 0.25) is 0 Å². The molecule has 1 aliphatic heterocycles. The molecular formula is C12H21N3O4. The highest BCUT2D eigenvalue weighted by Gasteiger charge is 2.40. The first kappa shape index (κ1) is 15.3. The fourth-order valence-electron chi connectivity index (χ4n) is 2.33. The fraction of sp³-hybridized carbons (Fsp3) is 0.750. The minimum absolute atomic E-state index is 0.102. The largest absolute Gasteiger partial charge is 0.480 e. The molecule has 1 aliphatic rings. The third-order valence-electron chi connectivity index (χ3n) is 3.47. The Morgan fingerprint density at radius 1 is 1.37 bits per heavy atom. The van der Waals surface area contributed by atoms with Crippen LogP contribution in [0.15, 0.2) is 0 Å². The number of carbonyl (C=O) groups excluding carboxylic acids is 2. The van der Waals surface area contributed by atoms with Gasteiger partial charge in [0.1, 0.15) is 12.1 Å². The van der Waals surface area contributed by atoms with E-state index in [2.05, 4.69) is 5.32 Å². The van der Waals surface area contributed by atoms with E-state index < -0.39 is 30.0 Å². The Morgan fingerprint density at radius 2 is 1.95 bits per heavy atom. The summed E-state index contributed by atoms with van der Waals surface area (Å²) < 4.78 is 0. The molecule has 3 atom stereocenters. The maximum absolute atomic E-state index is 12.1. The molecule has 4 N–H and O–H groups in total. The van der Waals surface area contributed by atoms with Gasteiger partial charge in [0.25, 0.3) is 0 Å². The van der Waals surface area contributed by atoms with E-state index in [-0.39, 0.29) is 11.8 Å². The van der Waals surface area contributed by atoms with Crippen molar-refractivity contribution in [2.75, 3.05) is 6.54 Å². The predicted molar refractivity (Wildman–Crippen MR) is 68.3 cm³/mol. The first-order valence-electron chi connectivity index (χ1n) is 6.35. The van der Waals surface area contributed by atoms with Gasteiger partial charge in [0, 0.05) is 6.54 Å². The third kappa shape index (κ3) is 3.36. The maximum atomic E-state index is 12.1. The zero-order chi connectivity index (χ0) is 14.7. The summed E-state index contributed by atoms with van der Waals surface area (Å²) in [5.41, 5.74) is 5.22. The Labute approximate surface area is 112 Å². The summed E-state index contributed by atoms with van der Waals surface area (Å²) in [6.45, 7) is 5.68. The Kier molecular flexibility index (Phi) is 4.74. The van der Waals surface area contributed by atoms with Gasteiger partial charge < -0.3 is 21.1 Å². The smallest absolute Gasteiger partial charge is 0.326 e. The second kappa shape index (κ2) is 5.90. The summed E-state index contributed by atoms with van der Waals surface area (Å²) in [6.07, 6.45) is 0.632. The zero-order valence-electron chi connectivity index (χ0n) is 11.4. The van der Waals surface area contributed by atoms with E-state index >= 15 is 0 Å². The molecule has 1 rings (SSSR count). The molecule has 0 aromatic rings. The van der Waals surface area contributed by atoms with Gasteiger partial charge in [-0.15, -0.1) is 0 Å². The van der Waals surface area contributed by atoms with E-state index in [1.165, 1.54) is 4.90 Å². The van der Waals surface area contributed by atoms with Crippen LogP contribution in [-0.2, 0) is 9.59 Å². The van der Waals surface area contributed by atoms with Crippen LogP contribution in [0.3, 0.4) is 0 Å². The van der Waals surface area contributed by atoms with Gasteiger partial charge in [-0.2, -0.15) is 0 Å². The number of aliphatic carboxylic acids is 1. The predicted octanol–water partition coefficient (Wildman–Crippen LogP) is 0.000900. The standard InChI is InChI=1S/C12H21N3O4/c1-6(2)8(10(13)16)14-12(19)15-5-4-7(3)9(15)11(17)18/h6-9H,4-5H2,1-3H3,(H2,13,16)(H,14,19)(H,17,18). The molecular weight excluding hydrogens is 250 g/mol. The van der Waals surface area contributed by atoms with Gasteiger partial charge in [0.05, 0.1) is 0 Å². The molecule has 1 fully saturated rings. The third-order valence-corrected chi connectivity index (χ3v) is 3.47. The van der Waals surface area contributed by atoms with Crippen molar-refractivity contribution >= 4 is 17.9 Å². The van der Waals surface area contributed by atoms with Crippen molar-refractivity contribution < 1.29 is 19.5 Å². The molecule has 0 saturated carbocycles. The van der Waals surface area contributed by atoms with Crippen molar-refractivity contribution in [1.29, 1.82) is 0 Å². The first-order chi connectivity index (χ1) is 8.75. The molecule has 7 nitrogen and oxygen atoms in total. The van der Waals surface area contributed by atoms with Crippen molar-refractivity contribution in [2.24, 2.45) is 17.6 Å². The average Bonchev–Trinajstić information content (AvgIpc) is 2.66. The van der Waals surface area contributed by atoms with Crippen LogP contribution >= 0.6 is 0 Å². The Bertz CT molecular complexity index is 383. The quantitative estimate of drug-likeness (QED) is 0.668. The molecule has 7 heteroatoms. The lowest BCUT2D eigenvalue weighted by molar-refractivity contribution is -0.142. The molecule has 0 aromatic heterocycles. The summed E-state index contributed by atoms with van der Waals surface area (Å²) in [5.74, 6) is -1.90. The number of nitrogens with one attached hydrogen (secondary N) is 1. The number of nitrogens with two attached hydrogens (primary N) is 1. The lowest BCUT2D eigenvalue weighted by atomic mass is 10.0. The molecule has 3 amide bonds. The molecule has 1 saturated heterocycles. The van der Waals surface area contributed by atoms with Gasteiger partial charge in [-0.25, -0.2) is 9.59 Å². The van der Waals surface area contributed by atoms with E-state index in [1.807, 2.05) is 0 Å². The summed E-state index contributed by atoms with van der Waals surface area (Å²) >= 11 is 0. The van der Waals surface area contributed by atoms with E-state index in [4.69, 9.17) is 10.8 Å². The van der Waals surface area contributed by atoms with Crippen LogP contribution in [0.5, 0.6) is 0 Å². The van der Waals surface area contributed by atoms with E-state index in [0.717, 1.165) is 0 Å². The number of primary amides is 1. The minimum atomic E-state index is -1.03. The van der Waals surface area contributed by atoms with Crippen molar-refractivity contribution in [3.05, 3.63) is 0 Å². The molecule has 0 aliphatic carbocycles. The molecule has 0 radical (unpaired) electrons. The number of nitrogens with zero attached hydrogens (tertiary/aromatic N) is 1. The van der Waals surface area contributed by atoms with Crippen LogP contribution in [-0.4, -0.2) is 46.5 Å². The number of rotatable bonds is 4. The van der Waals surface area contributed by atoms with E-state index in [1.54, 1.807) is 20.8 Å². The van der Waals surface area contributed by atoms with Crippen LogP contribution in [0, 0.1) is 11.8 Å². The number of carboxylic acid groups (broad SMARTS) is 1. The number of carboxylic acids is 1. The van der Waals surface area contributed by atoms with Crippen molar-refractivity contribution in [2.45, 2.75) is 39.3 Å². The summed E-state index contributed by atoms with van der Waals surface area (Å²) in [6, 6.07) is -2.19. The van der Waals surface area contributed by atoms with Gasteiger partial charge in [-0.1, -0.05) is 20.8 Å². The average molecular weight is 271 g/mol. The summed E-state index contributed by atoms with van der Waals surface area (Å²) in [7, 11) is 0. The highest BCUT2D eigenvalue weighted by molar-refractivity contribution is 5.88. The lowest BCUT2D eigenvalue weighted by Crippen LogP contribution is -2.54. The molecule has 0 bridgehead atoms. The molecule has 3 unspecified atom stereocenters. The van der Waals surface area contributed by atoms with Gasteiger partial charge in [0.15, 0.2) is 0 Å². The van der Waals surface area contributed by atoms with Crippen molar-refractivity contribution in [3.63, 3.8) is 0 Å². The van der Waals surface area contributed by atoms with E-state index in [9.17, 15) is 14.4 Å². The Hall–Kier alpha value is -1.79. The van der Waals surface area contributed by atoms with Crippen LogP contribution < -0.4 is 11.1 Å². The van der Waals surface area contributed by atoms with Gasteiger partial charge in [-0.3, -0.25) is 4.79 Å². The number of likely N-dealkylation sites (tertiary alicyclic amines) is 1. The van der Waals surface area contributed by atoms with Crippen molar-refractivity contribution in [1.82, 2.24) is 10.2 Å². The molecule has 19 heavy (non-hydrogen) atoms. The monoisotopic (exact) mass is 271 g/mol.